The summed E-state index contributed by atoms with van der Waals surface area (Å²) in [6.07, 6.45) is 14.9. The van der Waals surface area contributed by atoms with Gasteiger partial charge in [0.05, 0.1) is 18.3 Å². The van der Waals surface area contributed by atoms with Crippen molar-refractivity contribution in [3.8, 4) is 0 Å². The number of aryl methyl sites for hydroxylation is 1. The third-order valence-electron chi connectivity index (χ3n) is 5.56. The summed E-state index contributed by atoms with van der Waals surface area (Å²) in [6.45, 7) is 9.38. The molecule has 0 aromatic heterocycles. The Balaban J connectivity index is 2.56. The molecule has 0 radical (unpaired) electrons. The maximum Gasteiger partial charge on any atom is 0.454 e. The van der Waals surface area contributed by atoms with Crippen LogP contribution in [0.4, 0.5) is 0 Å². The van der Waals surface area contributed by atoms with Gasteiger partial charge in [0, 0.05) is 5.75 Å². The van der Waals surface area contributed by atoms with E-state index in [0.29, 0.717) is 13.2 Å². The van der Waals surface area contributed by atoms with E-state index in [0.717, 1.165) is 42.9 Å². The van der Waals surface area contributed by atoms with Crippen LogP contribution in [-0.4, -0.2) is 18.3 Å². The molecule has 0 heterocycles. The van der Waals surface area contributed by atoms with Gasteiger partial charge < -0.3 is 0 Å². The fourth-order valence-electron chi connectivity index (χ4n) is 3.46. The number of unbranched alkanes of at least 4 members (excludes halogenated alkanes) is 9. The Bertz CT molecular complexity index is 660. The molecule has 4 nitrogen and oxygen atoms in total. The lowest BCUT2D eigenvalue weighted by Crippen LogP contribution is -2.00. The number of rotatable bonds is 20. The van der Waals surface area contributed by atoms with E-state index in [1.807, 2.05) is 6.92 Å². The fraction of sp³-hybridized carbons (Fsp3) is 0.741. The molecule has 0 fully saturated rings. The molecule has 33 heavy (non-hydrogen) atoms. The molecule has 0 saturated carbocycles. The zero-order chi connectivity index (χ0) is 24.2. The highest BCUT2D eigenvalue weighted by molar-refractivity contribution is 8.13. The molecule has 0 aliphatic rings. The van der Waals surface area contributed by atoms with Crippen LogP contribution in [0.3, 0.4) is 0 Å². The minimum absolute atomic E-state index is 0.438. The van der Waals surface area contributed by atoms with Crippen LogP contribution in [0.5, 0.6) is 0 Å². The predicted octanol–water partition coefficient (Wildman–Crippen LogP) is 9.76. The first-order valence-corrected chi connectivity index (χ1v) is 15.7. The predicted molar refractivity (Wildman–Crippen MR) is 146 cm³/mol. The molecule has 1 aromatic rings. The van der Waals surface area contributed by atoms with E-state index in [1.54, 1.807) is 11.8 Å². The molecule has 0 aliphatic carbocycles. The normalized spacial score (nSPS) is 12.4. The molecule has 0 amide bonds. The van der Waals surface area contributed by atoms with Crippen LogP contribution >= 0.6 is 19.5 Å². The van der Waals surface area contributed by atoms with Crippen LogP contribution < -0.4 is 0 Å². The van der Waals surface area contributed by atoms with E-state index < -0.39 is 7.75 Å². The highest BCUT2D eigenvalue weighted by Gasteiger charge is 2.24. The average Bonchev–Trinajstić information content (AvgIpc) is 2.81. The van der Waals surface area contributed by atoms with E-state index in [4.69, 9.17) is 9.05 Å². The van der Waals surface area contributed by atoms with E-state index in [-0.39, 0.29) is 0 Å². The molecule has 0 spiro atoms. The van der Waals surface area contributed by atoms with Gasteiger partial charge in [-0.25, -0.2) is 4.57 Å². The van der Waals surface area contributed by atoms with Crippen LogP contribution in [0, 0.1) is 0 Å². The number of hydrogen-bond donors (Lipinski definition) is 0. The van der Waals surface area contributed by atoms with E-state index in [1.165, 1.54) is 62.5 Å². The maximum atomic E-state index is 13.2. The molecule has 0 unspecified atom stereocenters. The summed E-state index contributed by atoms with van der Waals surface area (Å²) >= 11 is 1.60. The quantitative estimate of drug-likeness (QED) is 0.0778. The zero-order valence-corrected chi connectivity index (χ0v) is 23.4. The Kier molecular flexibility index (Phi) is 18.1. The number of hydrogen-bond acceptors (Lipinski definition) is 4. The van der Waals surface area contributed by atoms with Crippen LogP contribution in [0.25, 0.3) is 0 Å². The molecular weight excluding hydrogens is 449 g/mol. The number of thioether (sulfide) groups is 1. The first kappa shape index (κ1) is 30.4. The highest BCUT2D eigenvalue weighted by Crippen LogP contribution is 2.51. The first-order chi connectivity index (χ1) is 16.0. The van der Waals surface area contributed by atoms with Crippen LogP contribution in [0.2, 0.25) is 0 Å². The second-order valence-corrected chi connectivity index (χ2v) is 11.6. The van der Waals surface area contributed by atoms with Crippen molar-refractivity contribution in [2.75, 3.05) is 13.2 Å². The van der Waals surface area contributed by atoms with Gasteiger partial charge in [0.15, 0.2) is 0 Å². The largest absolute Gasteiger partial charge is 0.454 e. The smallest absolute Gasteiger partial charge is 0.291 e. The van der Waals surface area contributed by atoms with Gasteiger partial charge in [-0.2, -0.15) is 4.76 Å². The topological polar surface area (TPSA) is 47.9 Å². The summed E-state index contributed by atoms with van der Waals surface area (Å²) in [6, 6.07) is 8.86. The minimum Gasteiger partial charge on any atom is -0.291 e. The summed E-state index contributed by atoms with van der Waals surface area (Å²) in [5, 5.41) is 0.754. The lowest BCUT2D eigenvalue weighted by Gasteiger charge is -2.15. The molecular formula is C27H48NO3PS. The van der Waals surface area contributed by atoms with Crippen molar-refractivity contribution in [3.05, 3.63) is 35.4 Å². The highest BCUT2D eigenvalue weighted by atomic mass is 32.2. The fourth-order valence-corrected chi connectivity index (χ4v) is 5.81. The van der Waals surface area contributed by atoms with E-state index >= 15 is 0 Å². The lowest BCUT2D eigenvalue weighted by atomic mass is 10.1. The molecule has 190 valence electrons. The van der Waals surface area contributed by atoms with Gasteiger partial charge in [-0.1, -0.05) is 103 Å². The summed E-state index contributed by atoms with van der Waals surface area (Å²) in [4.78, 5) is 0. The third kappa shape index (κ3) is 15.8. The van der Waals surface area contributed by atoms with Crippen LogP contribution in [-0.2, 0) is 25.8 Å². The Labute approximate surface area is 208 Å². The third-order valence-corrected chi connectivity index (χ3v) is 8.24. The monoisotopic (exact) mass is 497 g/mol. The van der Waals surface area contributed by atoms with Crippen molar-refractivity contribution in [1.29, 1.82) is 0 Å². The van der Waals surface area contributed by atoms with Gasteiger partial charge in [0.1, 0.15) is 0 Å². The zero-order valence-electron chi connectivity index (χ0n) is 21.7. The van der Waals surface area contributed by atoms with Gasteiger partial charge >= 0.3 is 7.75 Å². The molecule has 0 bridgehead atoms. The van der Waals surface area contributed by atoms with Gasteiger partial charge in [-0.05, 0) is 43.7 Å². The molecule has 1 rings (SSSR count). The molecule has 6 heteroatoms. The van der Waals surface area contributed by atoms with Crippen molar-refractivity contribution < 1.29 is 13.6 Å². The molecule has 0 atom stereocenters. The van der Waals surface area contributed by atoms with Crippen molar-refractivity contribution >= 4 is 24.6 Å². The van der Waals surface area contributed by atoms with Gasteiger partial charge in [-0.3, -0.25) is 9.05 Å². The molecule has 0 aliphatic heterocycles. The molecule has 1 aromatic carbocycles. The van der Waals surface area contributed by atoms with Crippen molar-refractivity contribution in [3.63, 3.8) is 0 Å². The van der Waals surface area contributed by atoms with Gasteiger partial charge in [-0.15, -0.1) is 11.8 Å². The van der Waals surface area contributed by atoms with E-state index in [2.05, 4.69) is 49.8 Å². The summed E-state index contributed by atoms with van der Waals surface area (Å²) in [7, 11) is -3.45. The maximum absolute atomic E-state index is 13.2. The Hall–Kier alpha value is -0.610. The number of benzene rings is 1. The van der Waals surface area contributed by atoms with Crippen LogP contribution in [0.1, 0.15) is 116 Å². The Morgan fingerprint density at radius 1 is 0.758 bits per heavy atom. The second-order valence-electron chi connectivity index (χ2n) is 8.79. The van der Waals surface area contributed by atoms with Crippen molar-refractivity contribution in [2.24, 2.45) is 4.76 Å². The average molecular weight is 498 g/mol. The van der Waals surface area contributed by atoms with Crippen LogP contribution in [0.15, 0.2) is 29.0 Å². The van der Waals surface area contributed by atoms with Gasteiger partial charge in [0.25, 0.3) is 0 Å². The standard InChI is InChI=1S/C27H48NO3PS/c1-5-8-11-14-17-26-18-20-27(21-19-26)24-33-25(4)28-32(29,30-22-15-12-9-6-2)31-23-16-13-10-7-3/h18-21H,5-17,22-24H2,1-4H3/b28-25+. The van der Waals surface area contributed by atoms with Crippen molar-refractivity contribution in [1.82, 2.24) is 0 Å². The Morgan fingerprint density at radius 3 is 1.76 bits per heavy atom. The SMILES string of the molecule is CCCCCCOP(=O)(/N=C(\C)SCc1ccc(CCCCCC)cc1)OCCCCCC. The second kappa shape index (κ2) is 19.7. The van der Waals surface area contributed by atoms with Crippen molar-refractivity contribution in [2.45, 2.75) is 117 Å². The number of nitrogens with zero attached hydrogens (tertiary/aromatic N) is 1. The van der Waals surface area contributed by atoms with E-state index in [9.17, 15) is 4.57 Å². The summed E-state index contributed by atoms with van der Waals surface area (Å²) in [5.74, 6) is 0.804. The minimum atomic E-state index is -3.45. The first-order valence-electron chi connectivity index (χ1n) is 13.2. The summed E-state index contributed by atoms with van der Waals surface area (Å²) < 4.78 is 29.1. The molecule has 0 N–H and O–H groups in total. The summed E-state index contributed by atoms with van der Waals surface area (Å²) in [5.41, 5.74) is 2.66. The molecule has 0 saturated heterocycles. The lowest BCUT2D eigenvalue weighted by molar-refractivity contribution is 0.198. The van der Waals surface area contributed by atoms with Gasteiger partial charge in [0.2, 0.25) is 0 Å². The Morgan fingerprint density at radius 2 is 1.24 bits per heavy atom.